The molecule has 0 aliphatic heterocycles. The lowest BCUT2D eigenvalue weighted by molar-refractivity contribution is -0.147. The Balaban J connectivity index is 2.50. The number of carbonyl (C=O) groups is 1. The Bertz CT molecular complexity index is 222. The molecule has 1 fully saturated rings. The molecule has 3 nitrogen and oxygen atoms in total. The molecule has 3 heteroatoms. The van der Waals surface area contributed by atoms with E-state index in [1.54, 1.807) is 0 Å². The van der Waals surface area contributed by atoms with Gasteiger partial charge in [0.2, 0.25) is 0 Å². The van der Waals surface area contributed by atoms with Crippen molar-refractivity contribution >= 4 is 5.97 Å². The molecule has 0 spiro atoms. The van der Waals surface area contributed by atoms with Gasteiger partial charge in [0.25, 0.3) is 0 Å². The van der Waals surface area contributed by atoms with Crippen LogP contribution in [0.25, 0.3) is 0 Å². The van der Waals surface area contributed by atoms with E-state index in [1.807, 2.05) is 0 Å². The quantitative estimate of drug-likeness (QED) is 0.675. The van der Waals surface area contributed by atoms with E-state index in [9.17, 15) is 4.79 Å². The largest absolute Gasteiger partial charge is 0.469 e. The van der Waals surface area contributed by atoms with E-state index in [0.717, 1.165) is 6.54 Å². The number of rotatable bonds is 5. The van der Waals surface area contributed by atoms with E-state index in [2.05, 4.69) is 25.8 Å². The van der Waals surface area contributed by atoms with Crippen molar-refractivity contribution in [3.05, 3.63) is 0 Å². The standard InChI is InChI=1S/C13H25NO2/c1-10(2)12(13(15)16-4)9-14(3)11-7-5-6-8-11/h10-12H,5-9H2,1-4H3. The minimum absolute atomic E-state index is 0.00981. The molecular weight excluding hydrogens is 202 g/mol. The molecule has 1 saturated carbocycles. The van der Waals surface area contributed by atoms with Gasteiger partial charge in [-0.2, -0.15) is 0 Å². The molecule has 0 aromatic rings. The van der Waals surface area contributed by atoms with E-state index in [4.69, 9.17) is 4.74 Å². The SMILES string of the molecule is COC(=O)C(CN(C)C1CCCC1)C(C)C. The monoisotopic (exact) mass is 227 g/mol. The van der Waals surface area contributed by atoms with Crippen molar-refractivity contribution in [3.8, 4) is 0 Å². The summed E-state index contributed by atoms with van der Waals surface area (Å²) in [5.41, 5.74) is 0. The van der Waals surface area contributed by atoms with Crippen LogP contribution in [0.5, 0.6) is 0 Å². The number of ether oxygens (including phenoxy) is 1. The van der Waals surface area contributed by atoms with Gasteiger partial charge in [-0.1, -0.05) is 26.7 Å². The van der Waals surface area contributed by atoms with Crippen molar-refractivity contribution in [1.82, 2.24) is 4.90 Å². The molecule has 1 unspecified atom stereocenters. The minimum atomic E-state index is -0.0696. The van der Waals surface area contributed by atoms with Crippen molar-refractivity contribution in [2.45, 2.75) is 45.6 Å². The van der Waals surface area contributed by atoms with Crippen LogP contribution in [0, 0.1) is 11.8 Å². The summed E-state index contributed by atoms with van der Waals surface area (Å²) in [6.07, 6.45) is 5.23. The summed E-state index contributed by atoms with van der Waals surface area (Å²) in [6.45, 7) is 5.00. The van der Waals surface area contributed by atoms with Gasteiger partial charge in [0.1, 0.15) is 0 Å². The van der Waals surface area contributed by atoms with E-state index in [1.165, 1.54) is 32.8 Å². The molecule has 0 aromatic carbocycles. The van der Waals surface area contributed by atoms with Gasteiger partial charge in [-0.15, -0.1) is 0 Å². The summed E-state index contributed by atoms with van der Waals surface area (Å²) >= 11 is 0. The van der Waals surface area contributed by atoms with Crippen molar-refractivity contribution in [1.29, 1.82) is 0 Å². The van der Waals surface area contributed by atoms with E-state index >= 15 is 0 Å². The van der Waals surface area contributed by atoms with Crippen LogP contribution in [0.2, 0.25) is 0 Å². The van der Waals surface area contributed by atoms with Gasteiger partial charge in [0.15, 0.2) is 0 Å². The Morgan fingerprint density at radius 2 is 1.94 bits per heavy atom. The first-order valence-electron chi connectivity index (χ1n) is 6.34. The molecule has 1 aliphatic rings. The molecule has 0 saturated heterocycles. The Labute approximate surface area is 99.1 Å². The summed E-state index contributed by atoms with van der Waals surface area (Å²) in [4.78, 5) is 14.0. The molecular formula is C13H25NO2. The highest BCUT2D eigenvalue weighted by molar-refractivity contribution is 5.72. The minimum Gasteiger partial charge on any atom is -0.469 e. The second-order valence-electron chi connectivity index (χ2n) is 5.25. The van der Waals surface area contributed by atoms with E-state index in [0.29, 0.717) is 12.0 Å². The van der Waals surface area contributed by atoms with Gasteiger partial charge < -0.3 is 9.64 Å². The van der Waals surface area contributed by atoms with Crippen molar-refractivity contribution in [2.24, 2.45) is 11.8 Å². The van der Waals surface area contributed by atoms with Gasteiger partial charge in [-0.25, -0.2) is 0 Å². The molecule has 0 N–H and O–H groups in total. The van der Waals surface area contributed by atoms with Crippen molar-refractivity contribution < 1.29 is 9.53 Å². The number of methoxy groups -OCH3 is 1. The summed E-state index contributed by atoms with van der Waals surface area (Å²) < 4.78 is 4.87. The van der Waals surface area contributed by atoms with Gasteiger partial charge in [0.05, 0.1) is 13.0 Å². The predicted octanol–water partition coefficient (Wildman–Crippen LogP) is 2.31. The van der Waals surface area contributed by atoms with Gasteiger partial charge in [-0.3, -0.25) is 4.79 Å². The third-order valence-electron chi connectivity index (χ3n) is 3.74. The van der Waals surface area contributed by atoms with Crippen LogP contribution in [-0.2, 0) is 9.53 Å². The molecule has 1 atom stereocenters. The van der Waals surface area contributed by atoms with E-state index < -0.39 is 0 Å². The number of esters is 1. The summed E-state index contributed by atoms with van der Waals surface area (Å²) in [5, 5.41) is 0. The lowest BCUT2D eigenvalue weighted by Crippen LogP contribution is -2.38. The van der Waals surface area contributed by atoms with Crippen LogP contribution in [0.15, 0.2) is 0 Å². The highest BCUT2D eigenvalue weighted by atomic mass is 16.5. The zero-order valence-electron chi connectivity index (χ0n) is 11.0. The van der Waals surface area contributed by atoms with Crippen LogP contribution in [0.4, 0.5) is 0 Å². The van der Waals surface area contributed by atoms with Gasteiger partial charge >= 0.3 is 5.97 Å². The maximum Gasteiger partial charge on any atom is 0.310 e. The first-order valence-corrected chi connectivity index (χ1v) is 6.34. The Hall–Kier alpha value is -0.570. The fourth-order valence-electron chi connectivity index (χ4n) is 2.51. The van der Waals surface area contributed by atoms with Gasteiger partial charge in [0, 0.05) is 12.6 Å². The second kappa shape index (κ2) is 6.24. The number of hydrogen-bond donors (Lipinski definition) is 0. The van der Waals surface area contributed by atoms with Crippen LogP contribution >= 0.6 is 0 Å². The van der Waals surface area contributed by atoms with Crippen molar-refractivity contribution in [2.75, 3.05) is 20.7 Å². The van der Waals surface area contributed by atoms with Crippen molar-refractivity contribution in [3.63, 3.8) is 0 Å². The summed E-state index contributed by atoms with van der Waals surface area (Å²) in [6, 6.07) is 0.672. The van der Waals surface area contributed by atoms with E-state index in [-0.39, 0.29) is 11.9 Å². The molecule has 94 valence electrons. The number of hydrogen-bond acceptors (Lipinski definition) is 3. The number of carbonyl (C=O) groups excluding carboxylic acids is 1. The lowest BCUT2D eigenvalue weighted by Gasteiger charge is -2.29. The fourth-order valence-corrected chi connectivity index (χ4v) is 2.51. The highest BCUT2D eigenvalue weighted by Crippen LogP contribution is 2.24. The smallest absolute Gasteiger partial charge is 0.310 e. The maximum atomic E-state index is 11.7. The molecule has 0 bridgehead atoms. The lowest BCUT2D eigenvalue weighted by atomic mass is 9.95. The molecule has 0 radical (unpaired) electrons. The fraction of sp³-hybridized carbons (Fsp3) is 0.923. The predicted molar refractivity (Wildman–Crippen MR) is 65.2 cm³/mol. The third kappa shape index (κ3) is 3.48. The first-order chi connectivity index (χ1) is 7.56. The Morgan fingerprint density at radius 3 is 2.38 bits per heavy atom. The molecule has 1 aliphatic carbocycles. The maximum absolute atomic E-state index is 11.7. The third-order valence-corrected chi connectivity index (χ3v) is 3.74. The molecule has 0 aromatic heterocycles. The summed E-state index contributed by atoms with van der Waals surface area (Å²) in [7, 11) is 3.61. The number of nitrogens with zero attached hydrogens (tertiary/aromatic N) is 1. The average Bonchev–Trinajstić information content (AvgIpc) is 2.77. The van der Waals surface area contributed by atoms with Crippen LogP contribution in [0.3, 0.4) is 0 Å². The highest BCUT2D eigenvalue weighted by Gasteiger charge is 2.28. The molecule has 0 heterocycles. The normalized spacial score (nSPS) is 19.4. The van der Waals surface area contributed by atoms with Gasteiger partial charge in [-0.05, 0) is 25.8 Å². The second-order valence-corrected chi connectivity index (χ2v) is 5.25. The Kier molecular flexibility index (Phi) is 5.26. The summed E-state index contributed by atoms with van der Waals surface area (Å²) in [5.74, 6) is 0.284. The van der Waals surface area contributed by atoms with Crippen LogP contribution < -0.4 is 0 Å². The average molecular weight is 227 g/mol. The molecule has 16 heavy (non-hydrogen) atoms. The van der Waals surface area contributed by atoms with Crippen LogP contribution in [-0.4, -0.2) is 37.6 Å². The molecule has 0 amide bonds. The molecule has 1 rings (SSSR count). The zero-order valence-corrected chi connectivity index (χ0v) is 11.0. The Morgan fingerprint density at radius 1 is 1.38 bits per heavy atom. The van der Waals surface area contributed by atoms with Crippen LogP contribution in [0.1, 0.15) is 39.5 Å². The first kappa shape index (κ1) is 13.5. The topological polar surface area (TPSA) is 29.5 Å². The zero-order chi connectivity index (χ0) is 12.1.